The Hall–Kier alpha value is -3.82. The second-order valence-electron chi connectivity index (χ2n) is 12.8. The monoisotopic (exact) mass is 709 g/mol. The largest absolute Gasteiger partial charge is 0.475 e. The maximum Gasteiger partial charge on any atom is 0.330 e. The molecule has 1 atom stereocenters. The number of likely N-dealkylation sites (tertiary alicyclic amines) is 1. The Morgan fingerprint density at radius 1 is 1.02 bits per heavy atom. The lowest BCUT2D eigenvalue weighted by Crippen LogP contribution is -2.40. The quantitative estimate of drug-likeness (QED) is 0.0944. The van der Waals surface area contributed by atoms with Gasteiger partial charge in [0.25, 0.3) is 0 Å². The summed E-state index contributed by atoms with van der Waals surface area (Å²) in [6, 6.07) is 6.23. The van der Waals surface area contributed by atoms with E-state index in [0.29, 0.717) is 52.1 Å². The molecule has 3 aromatic rings. The topological polar surface area (TPSA) is 145 Å². The van der Waals surface area contributed by atoms with Gasteiger partial charge in [-0.2, -0.15) is 9.61 Å². The number of esters is 1. The van der Waals surface area contributed by atoms with Crippen LogP contribution in [0.1, 0.15) is 56.6 Å². The fraction of sp³-hybridized carbons (Fsp3) is 0.622. The molecular weight excluding hydrogens is 654 g/mol. The first kappa shape index (κ1) is 38.4. The van der Waals surface area contributed by atoms with Crippen molar-refractivity contribution in [1.82, 2.24) is 24.5 Å². The Morgan fingerprint density at radius 3 is 2.57 bits per heavy atom. The minimum atomic E-state index is -0.322. The summed E-state index contributed by atoms with van der Waals surface area (Å²) < 4.78 is 29.5. The third-order valence-corrected chi connectivity index (χ3v) is 9.35. The zero-order chi connectivity index (χ0) is 35.7. The van der Waals surface area contributed by atoms with Crippen molar-refractivity contribution >= 4 is 23.3 Å². The highest BCUT2D eigenvalue weighted by molar-refractivity contribution is 5.81. The molecule has 51 heavy (non-hydrogen) atoms. The molecule has 2 fully saturated rings. The van der Waals surface area contributed by atoms with Crippen molar-refractivity contribution in [3.8, 4) is 5.88 Å². The Balaban J connectivity index is 0.951. The number of fused-ring (bicyclic) bond motifs is 1. The number of aromatic nitrogens is 4. The molecule has 3 aromatic heterocycles. The van der Waals surface area contributed by atoms with Crippen molar-refractivity contribution in [2.75, 3.05) is 89.8 Å². The number of hydrogen-bond donors (Lipinski definition) is 2. The average Bonchev–Trinajstić information content (AvgIpc) is 3.59. The smallest absolute Gasteiger partial charge is 0.330 e. The molecule has 0 aromatic carbocycles. The van der Waals surface area contributed by atoms with E-state index in [4.69, 9.17) is 23.9 Å². The number of piperidine rings is 2. The van der Waals surface area contributed by atoms with Gasteiger partial charge in [0.05, 0.1) is 52.4 Å². The number of aryl methyl sites for hydroxylation is 1. The normalized spacial score (nSPS) is 17.4. The number of aliphatic hydroxyl groups is 1. The highest BCUT2D eigenvalue weighted by atomic mass is 16.6. The third-order valence-electron chi connectivity index (χ3n) is 9.35. The summed E-state index contributed by atoms with van der Waals surface area (Å²) in [5.41, 5.74) is 2.98. The van der Waals surface area contributed by atoms with Gasteiger partial charge in [0, 0.05) is 75.3 Å². The van der Waals surface area contributed by atoms with Crippen LogP contribution in [0.25, 0.3) is 5.65 Å². The molecule has 14 heteroatoms. The summed E-state index contributed by atoms with van der Waals surface area (Å²) in [5, 5.41) is 17.8. The van der Waals surface area contributed by atoms with E-state index >= 15 is 0 Å². The van der Waals surface area contributed by atoms with Crippen LogP contribution in [0.4, 0.5) is 11.6 Å². The van der Waals surface area contributed by atoms with Crippen molar-refractivity contribution in [2.45, 2.75) is 70.6 Å². The van der Waals surface area contributed by atoms with E-state index < -0.39 is 0 Å². The van der Waals surface area contributed by atoms with Crippen molar-refractivity contribution in [3.05, 3.63) is 53.9 Å². The summed E-state index contributed by atoms with van der Waals surface area (Å²) >= 11 is 0. The van der Waals surface area contributed by atoms with Gasteiger partial charge in [-0.1, -0.05) is 19.1 Å². The second-order valence-corrected chi connectivity index (χ2v) is 12.8. The maximum absolute atomic E-state index is 11.2. The molecule has 0 radical (unpaired) electrons. The Kier molecular flexibility index (Phi) is 15.7. The number of carbonyl (C=O) groups excluding carboxylic acids is 1. The summed E-state index contributed by atoms with van der Waals surface area (Å²) in [7, 11) is 1.38. The standard InChI is InChI=1S/C37H55N7O7/c1-3-30-28-40-44-33(25-34(41-37(30)44)43-15-5-4-7-31(43)13-18-45)38-26-29-9-10-35(39-27-29)51-24-22-49-20-19-48-21-23-50-32-11-16-42(17-12-32)14-6-8-36(46)47-2/h6,8-10,25,27-28,31-32,38,45H,3-5,7,11-24,26H2,1-2H3/b8-6+/t31-/m0/s1. The number of nitrogens with zero attached hydrogens (tertiary/aromatic N) is 6. The first-order valence-electron chi connectivity index (χ1n) is 18.4. The molecule has 0 saturated carbocycles. The van der Waals surface area contributed by atoms with Crippen LogP contribution in [0.2, 0.25) is 0 Å². The third kappa shape index (κ3) is 11.9. The molecule has 0 aliphatic carbocycles. The number of aliphatic hydroxyl groups excluding tert-OH is 1. The van der Waals surface area contributed by atoms with Gasteiger partial charge in [-0.15, -0.1) is 0 Å². The van der Waals surface area contributed by atoms with E-state index in [1.165, 1.54) is 19.6 Å². The molecule has 2 aliphatic heterocycles. The number of rotatable bonds is 21. The summed E-state index contributed by atoms with van der Waals surface area (Å²) in [4.78, 5) is 25.3. The van der Waals surface area contributed by atoms with Crippen LogP contribution in [0.5, 0.6) is 5.88 Å². The number of anilines is 2. The van der Waals surface area contributed by atoms with Gasteiger partial charge in [0.2, 0.25) is 5.88 Å². The molecule has 2 N–H and O–H groups in total. The second kappa shape index (κ2) is 20.9. The summed E-state index contributed by atoms with van der Waals surface area (Å²) in [6.07, 6.45) is 14.2. The van der Waals surface area contributed by atoms with Gasteiger partial charge < -0.3 is 39.0 Å². The maximum atomic E-state index is 11.2. The van der Waals surface area contributed by atoms with Gasteiger partial charge in [-0.05, 0) is 50.5 Å². The fourth-order valence-corrected chi connectivity index (χ4v) is 6.49. The number of methoxy groups -OCH3 is 1. The predicted molar refractivity (Wildman–Crippen MR) is 194 cm³/mol. The van der Waals surface area contributed by atoms with Crippen molar-refractivity contribution in [1.29, 1.82) is 0 Å². The molecule has 5 rings (SSSR count). The molecular formula is C37H55N7O7. The Labute approximate surface area is 301 Å². The van der Waals surface area contributed by atoms with Crippen LogP contribution in [-0.4, -0.2) is 127 Å². The fourth-order valence-electron chi connectivity index (χ4n) is 6.49. The first-order valence-corrected chi connectivity index (χ1v) is 18.4. The SMILES string of the molecule is CCc1cnn2c(NCc3ccc(OCCOCCOCCOC4CCN(C/C=C/C(=O)OC)CC4)nc3)cc(N3CCCC[C@H]3CCO)nc12. The van der Waals surface area contributed by atoms with Gasteiger partial charge in [0.15, 0.2) is 5.65 Å². The van der Waals surface area contributed by atoms with E-state index in [1.54, 1.807) is 0 Å². The Morgan fingerprint density at radius 2 is 1.82 bits per heavy atom. The predicted octanol–water partition coefficient (Wildman–Crippen LogP) is 3.66. The van der Waals surface area contributed by atoms with Crippen LogP contribution in [0.3, 0.4) is 0 Å². The van der Waals surface area contributed by atoms with Crippen molar-refractivity contribution < 1.29 is 33.6 Å². The number of ether oxygens (including phenoxy) is 5. The average molecular weight is 710 g/mol. The van der Waals surface area contributed by atoms with E-state index in [1.807, 2.05) is 35.1 Å². The van der Waals surface area contributed by atoms with E-state index in [2.05, 4.69) is 42.9 Å². The van der Waals surface area contributed by atoms with Gasteiger partial charge in [0.1, 0.15) is 18.2 Å². The number of hydrogen-bond acceptors (Lipinski definition) is 13. The van der Waals surface area contributed by atoms with Crippen LogP contribution < -0.4 is 15.0 Å². The molecule has 280 valence electrons. The lowest BCUT2D eigenvalue weighted by molar-refractivity contribution is -0.134. The molecule has 0 unspecified atom stereocenters. The highest BCUT2D eigenvalue weighted by Crippen LogP contribution is 2.29. The molecule has 0 spiro atoms. The van der Waals surface area contributed by atoms with Crippen molar-refractivity contribution in [3.63, 3.8) is 0 Å². The minimum Gasteiger partial charge on any atom is -0.475 e. The van der Waals surface area contributed by atoms with Crippen LogP contribution >= 0.6 is 0 Å². The van der Waals surface area contributed by atoms with Gasteiger partial charge in [-0.25, -0.2) is 14.8 Å². The van der Waals surface area contributed by atoms with Crippen LogP contribution in [0.15, 0.2) is 42.7 Å². The number of carbonyl (C=O) groups is 1. The number of nitrogens with one attached hydrogen (secondary N) is 1. The van der Waals surface area contributed by atoms with Crippen LogP contribution in [0, 0.1) is 0 Å². The van der Waals surface area contributed by atoms with E-state index in [9.17, 15) is 9.90 Å². The zero-order valence-corrected chi connectivity index (χ0v) is 30.2. The molecule has 5 heterocycles. The molecule has 2 saturated heterocycles. The van der Waals surface area contributed by atoms with Gasteiger partial charge >= 0.3 is 5.97 Å². The molecule has 0 bridgehead atoms. The van der Waals surface area contributed by atoms with E-state index in [0.717, 1.165) is 93.1 Å². The van der Waals surface area contributed by atoms with Crippen LogP contribution in [-0.2, 0) is 36.7 Å². The zero-order valence-electron chi connectivity index (χ0n) is 30.2. The Bertz CT molecular complexity index is 1490. The molecule has 0 amide bonds. The van der Waals surface area contributed by atoms with E-state index in [-0.39, 0.29) is 24.7 Å². The molecule has 2 aliphatic rings. The summed E-state index contributed by atoms with van der Waals surface area (Å²) in [5.74, 6) is 2.03. The van der Waals surface area contributed by atoms with Gasteiger partial charge in [-0.3, -0.25) is 4.90 Å². The highest BCUT2D eigenvalue weighted by Gasteiger charge is 2.25. The lowest BCUT2D eigenvalue weighted by atomic mass is 9.99. The first-order chi connectivity index (χ1) is 25.1. The minimum absolute atomic E-state index is 0.177. The lowest BCUT2D eigenvalue weighted by Gasteiger charge is -2.36. The number of pyridine rings is 1. The van der Waals surface area contributed by atoms with Crippen molar-refractivity contribution in [2.24, 2.45) is 0 Å². The summed E-state index contributed by atoms with van der Waals surface area (Å²) in [6.45, 7) is 9.35. The molecule has 14 nitrogen and oxygen atoms in total.